The normalized spacial score (nSPS) is 29.2. The van der Waals surface area contributed by atoms with Crippen molar-refractivity contribution in [3.05, 3.63) is 35.4 Å². The quantitative estimate of drug-likeness (QED) is 0.641. The predicted octanol–water partition coefficient (Wildman–Crippen LogP) is 3.40. The van der Waals surface area contributed by atoms with Crippen LogP contribution >= 0.6 is 0 Å². The molecule has 1 nitrogen and oxygen atoms in total. The van der Waals surface area contributed by atoms with Crippen LogP contribution in [0.1, 0.15) is 44.4 Å². The third-order valence-corrected chi connectivity index (χ3v) is 4.17. The summed E-state index contributed by atoms with van der Waals surface area (Å²) in [5.41, 5.74) is 3.48. The van der Waals surface area contributed by atoms with Gasteiger partial charge in [0.25, 0.3) is 0 Å². The number of nitrogens with zero attached hydrogens (tertiary/aromatic N) is 1. The summed E-state index contributed by atoms with van der Waals surface area (Å²) in [5.74, 6) is 0.888. The van der Waals surface area contributed by atoms with Crippen molar-refractivity contribution in [3.63, 3.8) is 0 Å². The fourth-order valence-electron chi connectivity index (χ4n) is 3.46. The fraction of sp³-hybridized carbons (Fsp3) is 0.600. The van der Waals surface area contributed by atoms with Gasteiger partial charge in [0.2, 0.25) is 0 Å². The molecule has 1 saturated heterocycles. The molecule has 2 atom stereocenters. The number of rotatable bonds is 0. The number of benzene rings is 1. The Morgan fingerprint density at radius 2 is 1.94 bits per heavy atom. The Morgan fingerprint density at radius 3 is 2.69 bits per heavy atom. The zero-order valence-corrected chi connectivity index (χ0v) is 10.5. The minimum absolute atomic E-state index is 0.302. The van der Waals surface area contributed by atoms with E-state index in [9.17, 15) is 0 Å². The first kappa shape index (κ1) is 10.3. The number of hydrogen-bond acceptors (Lipinski definition) is 1. The molecule has 0 aromatic heterocycles. The van der Waals surface area contributed by atoms with Gasteiger partial charge < -0.3 is 0 Å². The summed E-state index contributed by atoms with van der Waals surface area (Å²) in [4.78, 5) is 2.70. The summed E-state index contributed by atoms with van der Waals surface area (Å²) < 4.78 is 0. The molecule has 0 spiro atoms. The van der Waals surface area contributed by atoms with Crippen molar-refractivity contribution in [2.75, 3.05) is 6.54 Å². The van der Waals surface area contributed by atoms with Gasteiger partial charge in [0.05, 0.1) is 0 Å². The second-order valence-electron chi connectivity index (χ2n) is 6.34. The third-order valence-electron chi connectivity index (χ3n) is 4.17. The van der Waals surface area contributed by atoms with E-state index < -0.39 is 0 Å². The van der Waals surface area contributed by atoms with E-state index in [4.69, 9.17) is 0 Å². The Bertz CT molecular complexity index is 402. The lowest BCUT2D eigenvalue weighted by Crippen LogP contribution is -2.40. The van der Waals surface area contributed by atoms with Crippen LogP contribution in [0.4, 0.5) is 0 Å². The lowest BCUT2D eigenvalue weighted by Gasteiger charge is -2.37. The molecular weight excluding hydrogens is 194 g/mol. The summed E-state index contributed by atoms with van der Waals surface area (Å²) >= 11 is 0. The Morgan fingerprint density at radius 1 is 1.19 bits per heavy atom. The average molecular weight is 215 g/mol. The second-order valence-corrected chi connectivity index (χ2v) is 6.34. The lowest BCUT2D eigenvalue weighted by molar-refractivity contribution is 0.121. The van der Waals surface area contributed by atoms with Crippen LogP contribution in [0.3, 0.4) is 0 Å². The van der Waals surface area contributed by atoms with Gasteiger partial charge >= 0.3 is 0 Å². The van der Waals surface area contributed by atoms with Crippen LogP contribution < -0.4 is 0 Å². The number of hydrogen-bond donors (Lipinski definition) is 0. The highest BCUT2D eigenvalue weighted by atomic mass is 15.2. The van der Waals surface area contributed by atoms with E-state index in [1.54, 1.807) is 11.1 Å². The van der Waals surface area contributed by atoms with Crippen molar-refractivity contribution in [2.24, 2.45) is 5.92 Å². The minimum Gasteiger partial charge on any atom is -0.291 e. The maximum Gasteiger partial charge on any atom is 0.0359 e. The first-order chi connectivity index (χ1) is 7.55. The van der Waals surface area contributed by atoms with Gasteiger partial charge in [-0.05, 0) is 50.7 Å². The smallest absolute Gasteiger partial charge is 0.0359 e. The average Bonchev–Trinajstić information content (AvgIpc) is 2.57. The molecule has 1 heterocycles. The third kappa shape index (κ3) is 1.49. The van der Waals surface area contributed by atoms with Crippen molar-refractivity contribution in [1.29, 1.82) is 0 Å². The Balaban J connectivity index is 2.02. The molecule has 3 rings (SSSR count). The van der Waals surface area contributed by atoms with Gasteiger partial charge in [0, 0.05) is 18.1 Å². The van der Waals surface area contributed by atoms with Gasteiger partial charge in [-0.25, -0.2) is 0 Å². The molecule has 0 saturated carbocycles. The van der Waals surface area contributed by atoms with Gasteiger partial charge in [-0.1, -0.05) is 24.3 Å². The van der Waals surface area contributed by atoms with Crippen LogP contribution in [0.25, 0.3) is 0 Å². The van der Waals surface area contributed by atoms with Crippen LogP contribution in [-0.2, 0) is 6.42 Å². The Labute approximate surface area is 98.5 Å². The van der Waals surface area contributed by atoms with E-state index in [2.05, 4.69) is 49.9 Å². The molecule has 86 valence electrons. The highest BCUT2D eigenvalue weighted by Gasteiger charge is 2.42. The molecule has 0 radical (unpaired) electrons. The number of fused-ring (bicyclic) bond motifs is 4. The molecular formula is C15H21N. The summed E-state index contributed by atoms with van der Waals surface area (Å²) in [6, 6.07) is 9.71. The van der Waals surface area contributed by atoms with Crippen molar-refractivity contribution in [1.82, 2.24) is 4.90 Å². The van der Waals surface area contributed by atoms with Crippen LogP contribution in [0, 0.1) is 5.92 Å². The molecule has 2 aliphatic rings. The topological polar surface area (TPSA) is 3.24 Å². The van der Waals surface area contributed by atoms with E-state index in [0.717, 1.165) is 5.92 Å². The lowest BCUT2D eigenvalue weighted by atomic mass is 9.84. The number of likely N-dealkylation sites (tertiary alicyclic amines) is 1. The van der Waals surface area contributed by atoms with Crippen molar-refractivity contribution in [3.8, 4) is 0 Å². The molecule has 0 amide bonds. The molecule has 0 N–H and O–H groups in total. The predicted molar refractivity (Wildman–Crippen MR) is 67.5 cm³/mol. The maximum atomic E-state index is 2.70. The summed E-state index contributed by atoms with van der Waals surface area (Å²) in [6.45, 7) is 8.31. The van der Waals surface area contributed by atoms with Gasteiger partial charge in [-0.15, -0.1) is 0 Å². The van der Waals surface area contributed by atoms with Crippen molar-refractivity contribution < 1.29 is 0 Å². The van der Waals surface area contributed by atoms with Crippen LogP contribution in [-0.4, -0.2) is 17.0 Å². The van der Waals surface area contributed by atoms with Crippen molar-refractivity contribution >= 4 is 0 Å². The highest BCUT2D eigenvalue weighted by Crippen LogP contribution is 2.46. The largest absolute Gasteiger partial charge is 0.291 e. The molecule has 1 fully saturated rings. The first-order valence-electron chi connectivity index (χ1n) is 6.40. The first-order valence-corrected chi connectivity index (χ1v) is 6.40. The van der Waals surface area contributed by atoms with E-state index in [1.165, 1.54) is 19.4 Å². The van der Waals surface area contributed by atoms with Crippen LogP contribution in [0.5, 0.6) is 0 Å². The van der Waals surface area contributed by atoms with Crippen molar-refractivity contribution in [2.45, 2.75) is 45.2 Å². The Kier molecular flexibility index (Phi) is 2.16. The zero-order chi connectivity index (χ0) is 11.3. The molecule has 2 unspecified atom stereocenters. The minimum atomic E-state index is 0.302. The summed E-state index contributed by atoms with van der Waals surface area (Å²) in [5, 5.41) is 0. The Hall–Kier alpha value is -0.820. The van der Waals surface area contributed by atoms with Gasteiger partial charge in [-0.3, -0.25) is 4.90 Å². The molecule has 1 aliphatic heterocycles. The second kappa shape index (κ2) is 3.33. The molecule has 2 bridgehead atoms. The van der Waals surface area contributed by atoms with E-state index in [1.807, 2.05) is 0 Å². The monoisotopic (exact) mass is 215 g/mol. The fourth-order valence-corrected chi connectivity index (χ4v) is 3.46. The van der Waals surface area contributed by atoms with E-state index >= 15 is 0 Å². The van der Waals surface area contributed by atoms with Crippen LogP contribution in [0.2, 0.25) is 0 Å². The molecule has 1 aromatic rings. The maximum absolute atomic E-state index is 2.70. The molecule has 1 aromatic carbocycles. The van der Waals surface area contributed by atoms with Crippen LogP contribution in [0.15, 0.2) is 24.3 Å². The van der Waals surface area contributed by atoms with Gasteiger partial charge in [0.1, 0.15) is 0 Å². The van der Waals surface area contributed by atoms with E-state index in [-0.39, 0.29) is 0 Å². The molecule has 16 heavy (non-hydrogen) atoms. The standard InChI is InChI=1S/C15H21N/c1-15(2,3)16-10-11-8-12-6-4-5-7-13(12)14(16)9-11/h4-7,11,14H,8-10H2,1-3H3. The van der Waals surface area contributed by atoms with Gasteiger partial charge in [-0.2, -0.15) is 0 Å². The van der Waals surface area contributed by atoms with Gasteiger partial charge in [0.15, 0.2) is 0 Å². The zero-order valence-electron chi connectivity index (χ0n) is 10.5. The molecule has 1 heteroatoms. The SMILES string of the molecule is CC(C)(C)N1CC2Cc3ccccc3C1C2. The highest BCUT2D eigenvalue weighted by molar-refractivity contribution is 5.34. The van der Waals surface area contributed by atoms with E-state index in [0.29, 0.717) is 11.6 Å². The summed E-state index contributed by atoms with van der Waals surface area (Å²) in [7, 11) is 0. The molecule has 1 aliphatic carbocycles. The summed E-state index contributed by atoms with van der Waals surface area (Å²) in [6.07, 6.45) is 2.66.